The summed E-state index contributed by atoms with van der Waals surface area (Å²) in [5, 5.41) is 14.0. The number of rotatable bonds is 5. The summed E-state index contributed by atoms with van der Waals surface area (Å²) >= 11 is 5.96. The Kier molecular flexibility index (Phi) is 4.53. The van der Waals surface area contributed by atoms with Crippen LogP contribution in [-0.2, 0) is 6.42 Å². The lowest BCUT2D eigenvalue weighted by atomic mass is 10.2. The van der Waals surface area contributed by atoms with E-state index in [1.165, 1.54) is 0 Å². The molecule has 1 saturated heterocycles. The molecular formula is C15H18ClN3O2. The van der Waals surface area contributed by atoms with Crippen LogP contribution in [0.3, 0.4) is 0 Å². The maximum Gasteiger partial charge on any atom is 0.228 e. The smallest absolute Gasteiger partial charge is 0.228 e. The molecule has 5 nitrogen and oxygen atoms in total. The Morgan fingerprint density at radius 1 is 1.43 bits per heavy atom. The third kappa shape index (κ3) is 3.43. The summed E-state index contributed by atoms with van der Waals surface area (Å²) in [5.74, 6) is 1.18. The number of hydrogen-bond acceptors (Lipinski definition) is 5. The highest BCUT2D eigenvalue weighted by Crippen LogP contribution is 2.21. The molecule has 0 saturated carbocycles. The molecule has 1 aliphatic rings. The number of halogens is 1. The molecule has 1 aliphatic heterocycles. The van der Waals surface area contributed by atoms with Crippen molar-refractivity contribution in [1.82, 2.24) is 15.0 Å². The van der Waals surface area contributed by atoms with Gasteiger partial charge in [0.15, 0.2) is 0 Å². The maximum absolute atomic E-state index is 9.31. The summed E-state index contributed by atoms with van der Waals surface area (Å²) in [4.78, 5) is 6.69. The van der Waals surface area contributed by atoms with Gasteiger partial charge in [0.25, 0.3) is 0 Å². The van der Waals surface area contributed by atoms with Crippen molar-refractivity contribution >= 4 is 11.6 Å². The van der Waals surface area contributed by atoms with Crippen molar-refractivity contribution in [3.05, 3.63) is 35.2 Å². The van der Waals surface area contributed by atoms with Crippen molar-refractivity contribution in [3.8, 4) is 11.4 Å². The lowest BCUT2D eigenvalue weighted by molar-refractivity contribution is 0.157. The maximum atomic E-state index is 9.31. The predicted octanol–water partition coefficient (Wildman–Crippen LogP) is 2.39. The van der Waals surface area contributed by atoms with Crippen LogP contribution in [0, 0.1) is 0 Å². The Hall–Kier alpha value is -1.43. The molecule has 1 fully saturated rings. The van der Waals surface area contributed by atoms with Gasteiger partial charge >= 0.3 is 0 Å². The molecule has 6 heteroatoms. The van der Waals surface area contributed by atoms with Crippen LogP contribution in [0.15, 0.2) is 28.8 Å². The number of likely N-dealkylation sites (tertiary alicyclic amines) is 1. The van der Waals surface area contributed by atoms with Crippen LogP contribution in [0.2, 0.25) is 5.02 Å². The monoisotopic (exact) mass is 307 g/mol. The molecular weight excluding hydrogens is 290 g/mol. The van der Waals surface area contributed by atoms with Crippen molar-refractivity contribution in [2.24, 2.45) is 0 Å². The Labute approximate surface area is 128 Å². The van der Waals surface area contributed by atoms with E-state index in [1.807, 2.05) is 24.3 Å². The lowest BCUT2D eigenvalue weighted by Gasteiger charge is -2.21. The van der Waals surface area contributed by atoms with Crippen LogP contribution >= 0.6 is 11.6 Å². The first-order valence-electron chi connectivity index (χ1n) is 7.19. The van der Waals surface area contributed by atoms with Gasteiger partial charge < -0.3 is 9.63 Å². The van der Waals surface area contributed by atoms with Gasteiger partial charge in [-0.1, -0.05) is 28.9 Å². The summed E-state index contributed by atoms with van der Waals surface area (Å²) in [7, 11) is 0. The highest BCUT2D eigenvalue weighted by molar-refractivity contribution is 6.30. The van der Waals surface area contributed by atoms with Gasteiger partial charge in [-0.3, -0.25) is 4.90 Å². The zero-order valence-corrected chi connectivity index (χ0v) is 12.5. The summed E-state index contributed by atoms with van der Waals surface area (Å²) in [5.41, 5.74) is 0.854. The largest absolute Gasteiger partial charge is 0.395 e. The van der Waals surface area contributed by atoms with Gasteiger partial charge in [-0.05, 0) is 31.5 Å². The van der Waals surface area contributed by atoms with E-state index in [4.69, 9.17) is 16.1 Å². The van der Waals surface area contributed by atoms with Crippen LogP contribution in [-0.4, -0.2) is 45.9 Å². The molecule has 21 heavy (non-hydrogen) atoms. The minimum absolute atomic E-state index is 0.220. The van der Waals surface area contributed by atoms with Crippen LogP contribution < -0.4 is 0 Å². The number of aliphatic hydroxyl groups is 1. The third-order valence-corrected chi connectivity index (χ3v) is 4.11. The van der Waals surface area contributed by atoms with E-state index in [9.17, 15) is 5.11 Å². The summed E-state index contributed by atoms with van der Waals surface area (Å²) in [6, 6.07) is 7.68. The molecule has 1 aromatic carbocycles. The van der Waals surface area contributed by atoms with Gasteiger partial charge in [-0.15, -0.1) is 0 Å². The van der Waals surface area contributed by atoms with Crippen molar-refractivity contribution in [3.63, 3.8) is 0 Å². The van der Waals surface area contributed by atoms with E-state index < -0.39 is 0 Å². The first kappa shape index (κ1) is 14.5. The van der Waals surface area contributed by atoms with Crippen molar-refractivity contribution in [1.29, 1.82) is 0 Å². The quantitative estimate of drug-likeness (QED) is 0.919. The minimum atomic E-state index is 0.220. The fraction of sp³-hybridized carbons (Fsp3) is 0.467. The zero-order valence-electron chi connectivity index (χ0n) is 11.7. The van der Waals surface area contributed by atoms with Crippen molar-refractivity contribution < 1.29 is 9.63 Å². The van der Waals surface area contributed by atoms with Crippen LogP contribution in [0.5, 0.6) is 0 Å². The Balaban J connectivity index is 1.63. The molecule has 0 amide bonds. The molecule has 0 spiro atoms. The molecule has 0 bridgehead atoms. The van der Waals surface area contributed by atoms with Gasteiger partial charge in [0.2, 0.25) is 11.7 Å². The van der Waals surface area contributed by atoms with Gasteiger partial charge in [0.1, 0.15) is 0 Å². The SMILES string of the molecule is OC[C@H]1CCCN1CCc1nc(-c2cccc(Cl)c2)no1. The number of aromatic nitrogens is 2. The molecule has 1 aromatic heterocycles. The van der Waals surface area contributed by atoms with E-state index in [2.05, 4.69) is 15.0 Å². The molecule has 1 N–H and O–H groups in total. The van der Waals surface area contributed by atoms with Gasteiger partial charge in [-0.2, -0.15) is 4.98 Å². The van der Waals surface area contributed by atoms with Crippen molar-refractivity contribution in [2.45, 2.75) is 25.3 Å². The molecule has 112 valence electrons. The van der Waals surface area contributed by atoms with E-state index >= 15 is 0 Å². The number of aliphatic hydroxyl groups excluding tert-OH is 1. The second-order valence-electron chi connectivity index (χ2n) is 5.29. The second-order valence-corrected chi connectivity index (χ2v) is 5.72. The first-order chi connectivity index (χ1) is 10.3. The molecule has 2 aromatic rings. The average molecular weight is 308 g/mol. The van der Waals surface area contributed by atoms with Crippen molar-refractivity contribution in [2.75, 3.05) is 19.7 Å². The minimum Gasteiger partial charge on any atom is -0.395 e. The fourth-order valence-corrected chi connectivity index (χ4v) is 2.93. The van der Waals surface area contributed by atoms with Crippen LogP contribution in [0.25, 0.3) is 11.4 Å². The van der Waals surface area contributed by atoms with Crippen LogP contribution in [0.1, 0.15) is 18.7 Å². The number of benzene rings is 1. The van der Waals surface area contributed by atoms with Gasteiger partial charge in [-0.25, -0.2) is 0 Å². The van der Waals surface area contributed by atoms with E-state index in [0.29, 0.717) is 23.2 Å². The summed E-state index contributed by atoms with van der Waals surface area (Å²) in [6.07, 6.45) is 2.90. The Bertz CT molecular complexity index is 602. The topological polar surface area (TPSA) is 62.4 Å². The molecule has 0 radical (unpaired) electrons. The van der Waals surface area contributed by atoms with E-state index in [0.717, 1.165) is 31.5 Å². The standard InChI is InChI=1S/C15H18ClN3O2/c16-12-4-1-3-11(9-12)15-17-14(21-18-15)6-8-19-7-2-5-13(19)10-20/h1,3-4,9,13,20H,2,5-8,10H2/t13-/m1/s1. The third-order valence-electron chi connectivity index (χ3n) is 3.87. The zero-order chi connectivity index (χ0) is 14.7. The first-order valence-corrected chi connectivity index (χ1v) is 7.57. The van der Waals surface area contributed by atoms with Gasteiger partial charge in [0.05, 0.1) is 6.61 Å². The summed E-state index contributed by atoms with van der Waals surface area (Å²) in [6.45, 7) is 2.08. The molecule has 0 unspecified atom stereocenters. The number of hydrogen-bond donors (Lipinski definition) is 1. The van der Waals surface area contributed by atoms with E-state index in [1.54, 1.807) is 0 Å². The Morgan fingerprint density at radius 2 is 2.33 bits per heavy atom. The van der Waals surface area contributed by atoms with Crippen LogP contribution in [0.4, 0.5) is 0 Å². The predicted molar refractivity (Wildman–Crippen MR) is 80.1 cm³/mol. The summed E-state index contributed by atoms with van der Waals surface area (Å²) < 4.78 is 5.29. The molecule has 1 atom stereocenters. The normalized spacial score (nSPS) is 19.2. The molecule has 2 heterocycles. The fourth-order valence-electron chi connectivity index (χ4n) is 2.74. The molecule has 0 aliphatic carbocycles. The van der Waals surface area contributed by atoms with Gasteiger partial charge in [0, 0.05) is 29.6 Å². The lowest BCUT2D eigenvalue weighted by Crippen LogP contribution is -2.33. The average Bonchev–Trinajstić information content (AvgIpc) is 3.14. The second kappa shape index (κ2) is 6.56. The highest BCUT2D eigenvalue weighted by Gasteiger charge is 2.23. The molecule has 3 rings (SSSR count). The van der Waals surface area contributed by atoms with E-state index in [-0.39, 0.29) is 12.6 Å². The Morgan fingerprint density at radius 3 is 3.14 bits per heavy atom. The highest BCUT2D eigenvalue weighted by atomic mass is 35.5. The number of nitrogens with zero attached hydrogens (tertiary/aromatic N) is 3.